The highest BCUT2D eigenvalue weighted by atomic mass is 35.5. The van der Waals surface area contributed by atoms with Crippen LogP contribution in [-0.2, 0) is 0 Å². The van der Waals surface area contributed by atoms with Gasteiger partial charge < -0.3 is 15.8 Å². The molecule has 0 aliphatic carbocycles. The largest absolute Gasteiger partial charge is 0.494 e. The van der Waals surface area contributed by atoms with E-state index in [0.717, 1.165) is 17.0 Å². The van der Waals surface area contributed by atoms with Crippen LogP contribution < -0.4 is 15.8 Å². The van der Waals surface area contributed by atoms with Crippen molar-refractivity contribution < 1.29 is 9.53 Å². The molecule has 0 spiro atoms. The molecule has 0 bridgehead atoms. The number of amides is 1. The summed E-state index contributed by atoms with van der Waals surface area (Å²) in [6.07, 6.45) is 0. The van der Waals surface area contributed by atoms with Gasteiger partial charge in [0.05, 0.1) is 17.3 Å². The molecule has 5 heteroatoms. The van der Waals surface area contributed by atoms with Crippen LogP contribution in [0.1, 0.15) is 22.8 Å². The summed E-state index contributed by atoms with van der Waals surface area (Å²) >= 11 is 5.85. The van der Waals surface area contributed by atoms with E-state index in [9.17, 15) is 4.79 Å². The zero-order chi connectivity index (χ0) is 15.4. The summed E-state index contributed by atoms with van der Waals surface area (Å²) in [5.41, 5.74) is 8.21. The molecule has 0 aromatic heterocycles. The Morgan fingerprint density at radius 2 is 2.05 bits per heavy atom. The van der Waals surface area contributed by atoms with E-state index in [2.05, 4.69) is 5.32 Å². The third kappa shape index (κ3) is 3.67. The predicted molar refractivity (Wildman–Crippen MR) is 86.2 cm³/mol. The van der Waals surface area contributed by atoms with Crippen molar-refractivity contribution >= 4 is 28.9 Å². The number of benzene rings is 2. The van der Waals surface area contributed by atoms with Gasteiger partial charge in [-0.2, -0.15) is 0 Å². The fourth-order valence-corrected chi connectivity index (χ4v) is 2.03. The molecular weight excluding hydrogens is 288 g/mol. The van der Waals surface area contributed by atoms with Gasteiger partial charge in [-0.15, -0.1) is 0 Å². The lowest BCUT2D eigenvalue weighted by Crippen LogP contribution is -2.13. The normalized spacial score (nSPS) is 10.2. The van der Waals surface area contributed by atoms with Crippen molar-refractivity contribution in [3.8, 4) is 5.75 Å². The highest BCUT2D eigenvalue weighted by Gasteiger charge is 2.10. The predicted octanol–water partition coefficient (Wildman–Crippen LogP) is 3.88. The van der Waals surface area contributed by atoms with Crippen LogP contribution in [0.4, 0.5) is 11.4 Å². The summed E-state index contributed by atoms with van der Waals surface area (Å²) in [6.45, 7) is 4.44. The van der Waals surface area contributed by atoms with E-state index in [1.807, 2.05) is 32.0 Å². The SMILES string of the molecule is CCOc1ccc(NC(=O)c2ccc(Cl)c(N)c2)c(C)c1. The number of hydrogen-bond acceptors (Lipinski definition) is 3. The Morgan fingerprint density at radius 1 is 1.29 bits per heavy atom. The first-order valence-electron chi connectivity index (χ1n) is 6.61. The Labute approximate surface area is 128 Å². The molecule has 0 aliphatic rings. The second-order valence-corrected chi connectivity index (χ2v) is 5.01. The number of ether oxygens (including phenoxy) is 1. The fourth-order valence-electron chi connectivity index (χ4n) is 1.91. The standard InChI is InChI=1S/C16H17ClN2O2/c1-3-21-12-5-7-15(10(2)8-12)19-16(20)11-4-6-13(17)14(18)9-11/h4-9H,3,18H2,1-2H3,(H,19,20). The number of hydrogen-bond donors (Lipinski definition) is 2. The van der Waals surface area contributed by atoms with Crippen LogP contribution in [-0.4, -0.2) is 12.5 Å². The molecule has 0 aliphatic heterocycles. The van der Waals surface area contributed by atoms with E-state index in [1.54, 1.807) is 18.2 Å². The van der Waals surface area contributed by atoms with Crippen molar-refractivity contribution in [1.82, 2.24) is 0 Å². The molecule has 2 aromatic carbocycles. The lowest BCUT2D eigenvalue weighted by molar-refractivity contribution is 0.102. The minimum atomic E-state index is -0.231. The van der Waals surface area contributed by atoms with Gasteiger partial charge in [-0.3, -0.25) is 4.79 Å². The van der Waals surface area contributed by atoms with Crippen LogP contribution in [0.3, 0.4) is 0 Å². The first-order chi connectivity index (χ1) is 10.0. The molecule has 0 atom stereocenters. The molecule has 21 heavy (non-hydrogen) atoms. The fraction of sp³-hybridized carbons (Fsp3) is 0.188. The van der Waals surface area contributed by atoms with Gasteiger partial charge in [-0.05, 0) is 55.8 Å². The molecule has 4 nitrogen and oxygen atoms in total. The monoisotopic (exact) mass is 304 g/mol. The molecule has 2 aromatic rings. The summed E-state index contributed by atoms with van der Waals surface area (Å²) < 4.78 is 5.42. The highest BCUT2D eigenvalue weighted by molar-refractivity contribution is 6.33. The molecule has 3 N–H and O–H groups in total. The van der Waals surface area contributed by atoms with Gasteiger partial charge in [0.25, 0.3) is 5.91 Å². The summed E-state index contributed by atoms with van der Waals surface area (Å²) in [4.78, 5) is 12.2. The van der Waals surface area contributed by atoms with Crippen molar-refractivity contribution in [2.75, 3.05) is 17.7 Å². The first-order valence-corrected chi connectivity index (χ1v) is 6.99. The molecule has 0 radical (unpaired) electrons. The van der Waals surface area contributed by atoms with Crippen LogP contribution in [0.2, 0.25) is 5.02 Å². The van der Waals surface area contributed by atoms with Crippen molar-refractivity contribution in [1.29, 1.82) is 0 Å². The molecule has 110 valence electrons. The molecular formula is C16H17ClN2O2. The zero-order valence-corrected chi connectivity index (χ0v) is 12.7. The van der Waals surface area contributed by atoms with Crippen LogP contribution in [0.15, 0.2) is 36.4 Å². The van der Waals surface area contributed by atoms with Crippen molar-refractivity contribution in [3.63, 3.8) is 0 Å². The molecule has 0 heterocycles. The third-order valence-electron chi connectivity index (χ3n) is 3.02. The van der Waals surface area contributed by atoms with E-state index in [-0.39, 0.29) is 5.91 Å². The number of aryl methyl sites for hydroxylation is 1. The number of carbonyl (C=O) groups is 1. The van der Waals surface area contributed by atoms with Crippen LogP contribution in [0.5, 0.6) is 5.75 Å². The van der Waals surface area contributed by atoms with Gasteiger partial charge in [-0.25, -0.2) is 0 Å². The van der Waals surface area contributed by atoms with E-state index >= 15 is 0 Å². The summed E-state index contributed by atoms with van der Waals surface area (Å²) in [6, 6.07) is 10.3. The van der Waals surface area contributed by atoms with Gasteiger partial charge in [0, 0.05) is 11.3 Å². The summed E-state index contributed by atoms with van der Waals surface area (Å²) in [7, 11) is 0. The average molecular weight is 305 g/mol. The molecule has 0 unspecified atom stereocenters. The third-order valence-corrected chi connectivity index (χ3v) is 3.36. The number of nitrogen functional groups attached to an aromatic ring is 1. The number of halogens is 1. The molecule has 0 fully saturated rings. The van der Waals surface area contributed by atoms with Crippen LogP contribution in [0.25, 0.3) is 0 Å². The Bertz CT molecular complexity index is 671. The summed E-state index contributed by atoms with van der Waals surface area (Å²) in [5.74, 6) is 0.550. The van der Waals surface area contributed by atoms with Crippen molar-refractivity contribution in [2.45, 2.75) is 13.8 Å². The highest BCUT2D eigenvalue weighted by Crippen LogP contribution is 2.23. The Hall–Kier alpha value is -2.20. The Balaban J connectivity index is 2.17. The van der Waals surface area contributed by atoms with E-state index in [0.29, 0.717) is 22.9 Å². The number of rotatable bonds is 4. The second kappa shape index (κ2) is 6.50. The number of carbonyl (C=O) groups excluding carboxylic acids is 1. The van der Waals surface area contributed by atoms with Gasteiger partial charge in [0.1, 0.15) is 5.75 Å². The molecule has 0 saturated heterocycles. The van der Waals surface area contributed by atoms with Crippen molar-refractivity contribution in [2.24, 2.45) is 0 Å². The van der Waals surface area contributed by atoms with Crippen LogP contribution >= 0.6 is 11.6 Å². The van der Waals surface area contributed by atoms with Crippen molar-refractivity contribution in [3.05, 3.63) is 52.5 Å². The van der Waals surface area contributed by atoms with Gasteiger partial charge >= 0.3 is 0 Å². The molecule has 1 amide bonds. The maximum absolute atomic E-state index is 12.2. The van der Waals surface area contributed by atoms with E-state index < -0.39 is 0 Å². The lowest BCUT2D eigenvalue weighted by atomic mass is 10.1. The Kier molecular flexibility index (Phi) is 4.70. The zero-order valence-electron chi connectivity index (χ0n) is 11.9. The van der Waals surface area contributed by atoms with Gasteiger partial charge in [-0.1, -0.05) is 11.6 Å². The minimum Gasteiger partial charge on any atom is -0.494 e. The number of nitrogens with two attached hydrogens (primary N) is 1. The maximum Gasteiger partial charge on any atom is 0.255 e. The average Bonchev–Trinajstić information content (AvgIpc) is 2.45. The molecule has 2 rings (SSSR count). The van der Waals surface area contributed by atoms with Gasteiger partial charge in [0.15, 0.2) is 0 Å². The van der Waals surface area contributed by atoms with Crippen LogP contribution in [0, 0.1) is 6.92 Å². The minimum absolute atomic E-state index is 0.231. The van der Waals surface area contributed by atoms with Gasteiger partial charge in [0.2, 0.25) is 0 Å². The lowest BCUT2D eigenvalue weighted by Gasteiger charge is -2.11. The van der Waals surface area contributed by atoms with E-state index in [1.165, 1.54) is 0 Å². The smallest absolute Gasteiger partial charge is 0.255 e. The quantitative estimate of drug-likeness (QED) is 0.842. The number of anilines is 2. The Morgan fingerprint density at radius 3 is 2.67 bits per heavy atom. The summed E-state index contributed by atoms with van der Waals surface area (Å²) in [5, 5.41) is 3.28. The maximum atomic E-state index is 12.2. The molecule has 0 saturated carbocycles. The topological polar surface area (TPSA) is 64.3 Å². The second-order valence-electron chi connectivity index (χ2n) is 4.60. The number of nitrogens with one attached hydrogen (secondary N) is 1. The van der Waals surface area contributed by atoms with E-state index in [4.69, 9.17) is 22.1 Å². The first kappa shape index (κ1) is 15.2.